The second-order valence-corrected chi connectivity index (χ2v) is 6.50. The summed E-state index contributed by atoms with van der Waals surface area (Å²) in [5.74, 6) is -2.97. The first-order chi connectivity index (χ1) is 12.1. The van der Waals surface area contributed by atoms with Gasteiger partial charge in [-0.15, -0.1) is 0 Å². The van der Waals surface area contributed by atoms with E-state index in [-0.39, 0.29) is 24.6 Å². The number of aromatic nitrogens is 1. The van der Waals surface area contributed by atoms with Crippen LogP contribution in [-0.4, -0.2) is 17.5 Å². The number of alkyl halides is 3. The Balaban J connectivity index is 1.80. The minimum Gasteiger partial charge on any atom is -0.484 e. The fourth-order valence-electron chi connectivity index (χ4n) is 2.13. The van der Waals surface area contributed by atoms with Crippen LogP contribution in [0.1, 0.15) is 37.6 Å². The number of nitrogens with zero attached hydrogens (tertiary/aromatic N) is 1. The van der Waals surface area contributed by atoms with Gasteiger partial charge in [-0.1, -0.05) is 6.07 Å². The molecule has 0 aliphatic rings. The van der Waals surface area contributed by atoms with Crippen molar-refractivity contribution in [2.24, 2.45) is 0 Å². The number of carbonyl (C=O) groups is 1. The van der Waals surface area contributed by atoms with Crippen LogP contribution in [0.3, 0.4) is 0 Å². The minimum atomic E-state index is -2.92. The van der Waals surface area contributed by atoms with E-state index in [1.807, 2.05) is 0 Å². The van der Waals surface area contributed by atoms with Gasteiger partial charge in [-0.2, -0.15) is 0 Å². The summed E-state index contributed by atoms with van der Waals surface area (Å²) in [6.07, 6.45) is 1.50. The zero-order valence-corrected chi connectivity index (χ0v) is 14.9. The largest absolute Gasteiger partial charge is 0.484 e. The fraction of sp³-hybridized carbons (Fsp3) is 0.368. The molecule has 2 rings (SSSR count). The Labute approximate surface area is 150 Å². The van der Waals surface area contributed by atoms with E-state index in [9.17, 15) is 18.0 Å². The number of pyridine rings is 1. The van der Waals surface area contributed by atoms with Crippen LogP contribution in [0.2, 0.25) is 0 Å². The molecule has 26 heavy (non-hydrogen) atoms. The fourth-order valence-corrected chi connectivity index (χ4v) is 2.13. The number of nitrogens with one attached hydrogen (secondary N) is 1. The summed E-state index contributed by atoms with van der Waals surface area (Å²) in [7, 11) is 0. The van der Waals surface area contributed by atoms with Crippen molar-refractivity contribution in [1.82, 2.24) is 10.3 Å². The molecule has 0 aliphatic carbocycles. The van der Waals surface area contributed by atoms with Crippen LogP contribution in [-0.2, 0) is 22.9 Å². The molecule has 1 aromatic heterocycles. The SMILES string of the molecule is CC(C)(F)c1ccc(CNC(=O)COc2ccc(C(C)(F)F)cc2)cn1. The van der Waals surface area contributed by atoms with Crippen molar-refractivity contribution in [2.45, 2.75) is 38.9 Å². The van der Waals surface area contributed by atoms with E-state index in [0.717, 1.165) is 12.5 Å². The Morgan fingerprint density at radius 3 is 2.23 bits per heavy atom. The number of halogens is 3. The lowest BCUT2D eigenvalue weighted by atomic mass is 10.1. The highest BCUT2D eigenvalue weighted by molar-refractivity contribution is 5.77. The highest BCUT2D eigenvalue weighted by Gasteiger charge is 2.23. The summed E-state index contributed by atoms with van der Waals surface area (Å²) in [5, 5.41) is 2.65. The number of ether oxygens (including phenoxy) is 1. The van der Waals surface area contributed by atoms with Crippen molar-refractivity contribution < 1.29 is 22.7 Å². The van der Waals surface area contributed by atoms with E-state index >= 15 is 0 Å². The molecule has 0 spiro atoms. The molecule has 140 valence electrons. The molecule has 0 saturated carbocycles. The molecule has 1 heterocycles. The monoisotopic (exact) mass is 366 g/mol. The maximum Gasteiger partial charge on any atom is 0.270 e. The van der Waals surface area contributed by atoms with Gasteiger partial charge in [0.25, 0.3) is 11.8 Å². The molecule has 2 aromatic rings. The predicted octanol–water partition coefficient (Wildman–Crippen LogP) is 4.09. The van der Waals surface area contributed by atoms with E-state index < -0.39 is 11.6 Å². The van der Waals surface area contributed by atoms with Crippen LogP contribution >= 0.6 is 0 Å². The number of rotatable bonds is 7. The standard InChI is InChI=1S/C19H21F3N2O2/c1-18(2,20)16-9-4-13(10-23-16)11-24-17(25)12-26-15-7-5-14(6-8-15)19(3,21)22/h4-10H,11-12H2,1-3H3,(H,24,25). The molecule has 7 heteroatoms. The van der Waals surface area contributed by atoms with Gasteiger partial charge in [-0.25, -0.2) is 13.2 Å². The summed E-state index contributed by atoms with van der Waals surface area (Å²) >= 11 is 0. The Morgan fingerprint density at radius 2 is 1.73 bits per heavy atom. The Kier molecular flexibility index (Phi) is 5.90. The number of hydrogen-bond donors (Lipinski definition) is 1. The molecule has 1 N–H and O–H groups in total. The van der Waals surface area contributed by atoms with Crippen LogP contribution in [0.5, 0.6) is 5.75 Å². The summed E-state index contributed by atoms with van der Waals surface area (Å²) < 4.78 is 45.2. The van der Waals surface area contributed by atoms with Gasteiger partial charge in [0.2, 0.25) is 0 Å². The molecule has 1 amide bonds. The lowest BCUT2D eigenvalue weighted by molar-refractivity contribution is -0.123. The summed E-state index contributed by atoms with van der Waals surface area (Å²) in [4.78, 5) is 15.8. The maximum absolute atomic E-state index is 13.7. The number of benzene rings is 1. The number of hydrogen-bond acceptors (Lipinski definition) is 3. The van der Waals surface area contributed by atoms with Gasteiger partial charge in [0.15, 0.2) is 6.61 Å². The van der Waals surface area contributed by atoms with Crippen LogP contribution in [0.25, 0.3) is 0 Å². The van der Waals surface area contributed by atoms with Crippen LogP contribution in [0.15, 0.2) is 42.6 Å². The van der Waals surface area contributed by atoms with Gasteiger partial charge >= 0.3 is 0 Å². The molecule has 0 saturated heterocycles. The molecule has 0 radical (unpaired) electrons. The molecular weight excluding hydrogens is 345 g/mol. The normalized spacial score (nSPS) is 11.9. The van der Waals surface area contributed by atoms with Gasteiger partial charge in [0.1, 0.15) is 11.4 Å². The maximum atomic E-state index is 13.7. The van der Waals surface area contributed by atoms with Gasteiger partial charge in [0, 0.05) is 25.2 Å². The van der Waals surface area contributed by atoms with Crippen molar-refractivity contribution in [3.63, 3.8) is 0 Å². The van der Waals surface area contributed by atoms with Gasteiger partial charge in [-0.3, -0.25) is 9.78 Å². The predicted molar refractivity (Wildman–Crippen MR) is 91.7 cm³/mol. The van der Waals surface area contributed by atoms with Crippen molar-refractivity contribution >= 4 is 5.91 Å². The lowest BCUT2D eigenvalue weighted by Crippen LogP contribution is -2.28. The van der Waals surface area contributed by atoms with Crippen molar-refractivity contribution in [3.8, 4) is 5.75 Å². The Bertz CT molecular complexity index is 670. The van der Waals surface area contributed by atoms with Crippen molar-refractivity contribution in [1.29, 1.82) is 0 Å². The average molecular weight is 366 g/mol. The second kappa shape index (κ2) is 7.76. The third-order valence-electron chi connectivity index (χ3n) is 3.65. The van der Waals surface area contributed by atoms with Gasteiger partial charge in [-0.05, 0) is 49.7 Å². The van der Waals surface area contributed by atoms with Gasteiger partial charge in [0.05, 0.1) is 5.69 Å². The van der Waals surface area contributed by atoms with Crippen LogP contribution < -0.4 is 10.1 Å². The van der Waals surface area contributed by atoms with Crippen molar-refractivity contribution in [2.75, 3.05) is 6.61 Å². The second-order valence-electron chi connectivity index (χ2n) is 6.50. The first kappa shape index (κ1) is 19.8. The Hall–Kier alpha value is -2.57. The first-order valence-corrected chi connectivity index (χ1v) is 8.08. The minimum absolute atomic E-state index is 0.123. The zero-order chi connectivity index (χ0) is 19.4. The van der Waals surface area contributed by atoms with E-state index in [4.69, 9.17) is 4.74 Å². The highest BCUT2D eigenvalue weighted by Crippen LogP contribution is 2.28. The van der Waals surface area contributed by atoms with Crippen LogP contribution in [0.4, 0.5) is 13.2 Å². The smallest absolute Gasteiger partial charge is 0.270 e. The molecule has 0 atom stereocenters. The molecule has 0 fully saturated rings. The highest BCUT2D eigenvalue weighted by atomic mass is 19.3. The molecule has 4 nitrogen and oxygen atoms in total. The molecule has 1 aromatic carbocycles. The summed E-state index contributed by atoms with van der Waals surface area (Å²) in [6.45, 7) is 3.63. The topological polar surface area (TPSA) is 51.2 Å². The first-order valence-electron chi connectivity index (χ1n) is 8.08. The zero-order valence-electron chi connectivity index (χ0n) is 14.9. The number of carbonyl (C=O) groups excluding carboxylic acids is 1. The van der Waals surface area contributed by atoms with E-state index in [1.165, 1.54) is 44.3 Å². The van der Waals surface area contributed by atoms with E-state index in [0.29, 0.717) is 11.4 Å². The molecule has 0 unspecified atom stereocenters. The summed E-state index contributed by atoms with van der Waals surface area (Å²) in [6, 6.07) is 8.56. The van der Waals surface area contributed by atoms with Crippen LogP contribution in [0, 0.1) is 0 Å². The number of amides is 1. The quantitative estimate of drug-likeness (QED) is 0.803. The van der Waals surface area contributed by atoms with E-state index in [1.54, 1.807) is 12.1 Å². The third kappa shape index (κ3) is 5.75. The van der Waals surface area contributed by atoms with Crippen molar-refractivity contribution in [3.05, 3.63) is 59.4 Å². The third-order valence-corrected chi connectivity index (χ3v) is 3.65. The lowest BCUT2D eigenvalue weighted by Gasteiger charge is -2.14. The molecule has 0 aliphatic heterocycles. The summed E-state index contributed by atoms with van der Waals surface area (Å²) in [5.41, 5.74) is -0.605. The molecule has 0 bridgehead atoms. The Morgan fingerprint density at radius 1 is 1.08 bits per heavy atom. The molecular formula is C19H21F3N2O2. The van der Waals surface area contributed by atoms with Gasteiger partial charge < -0.3 is 10.1 Å². The van der Waals surface area contributed by atoms with E-state index in [2.05, 4.69) is 10.3 Å². The average Bonchev–Trinajstić information content (AvgIpc) is 2.57.